The maximum Gasteiger partial charge on any atom is 0.161 e. The van der Waals surface area contributed by atoms with E-state index < -0.39 is 11.7 Å². The van der Waals surface area contributed by atoms with Gasteiger partial charge in [0.25, 0.3) is 0 Å². The molecular formula is C30H44N2O4. The third kappa shape index (κ3) is 6.69. The van der Waals surface area contributed by atoms with Crippen molar-refractivity contribution >= 4 is 5.78 Å². The van der Waals surface area contributed by atoms with Crippen molar-refractivity contribution in [2.24, 2.45) is 5.92 Å². The zero-order valence-electron chi connectivity index (χ0n) is 22.7. The molecule has 0 spiro atoms. The standard InChI is InChI=1S/C30H44N2O4/c1-20(33)30(4,5)36-23-10-8-9-21(13-14-23)17-29(2,3)31-18-22(34)19-35-27-16-15-26-28(27)24-11-6-7-12-25(24)32-26/h6,9,11,22-23,26-28,31-32,34H,7,12-19H2,1-5H3/t22-,23-,26?,27-,28?/m0/s1. The normalized spacial score (nSPS) is 28.4. The number of rotatable bonds is 11. The van der Waals surface area contributed by atoms with Gasteiger partial charge < -0.3 is 25.2 Å². The van der Waals surface area contributed by atoms with Crippen molar-refractivity contribution in [2.75, 3.05) is 13.2 Å². The summed E-state index contributed by atoms with van der Waals surface area (Å²) in [4.78, 5) is 11.8. The summed E-state index contributed by atoms with van der Waals surface area (Å²) in [6.45, 7) is 10.3. The SMILES string of the molecule is CC(=O)C(C)(C)O[C@H]1C#CC=C(CC(C)(C)NC[C@H](O)CO[C@H]2CCC3NC4=C(C=CCC4)C32)CC1. The zero-order valence-corrected chi connectivity index (χ0v) is 22.7. The molecule has 0 saturated heterocycles. The number of β-amino-alcohol motifs (C(OH)–C–C–N with tert-alkyl or cyclic N) is 1. The molecule has 0 radical (unpaired) electrons. The van der Waals surface area contributed by atoms with Crippen molar-refractivity contribution in [3.05, 3.63) is 35.1 Å². The Balaban J connectivity index is 1.20. The maximum absolute atomic E-state index is 11.8. The van der Waals surface area contributed by atoms with E-state index in [1.807, 2.05) is 6.08 Å². The number of aliphatic hydroxyl groups excluding tert-OH is 1. The molecule has 0 aromatic heterocycles. The maximum atomic E-state index is 11.8. The Hall–Kier alpha value is -1.91. The molecule has 3 aliphatic carbocycles. The van der Waals surface area contributed by atoms with Crippen molar-refractivity contribution in [2.45, 2.75) is 115 Å². The Morgan fingerprint density at radius 2 is 2.06 bits per heavy atom. The molecule has 1 fully saturated rings. The van der Waals surface area contributed by atoms with Crippen LogP contribution in [0.5, 0.6) is 0 Å². The molecule has 4 rings (SSSR count). The average Bonchev–Trinajstić information content (AvgIpc) is 3.31. The minimum Gasteiger partial charge on any atom is -0.389 e. The molecule has 6 heteroatoms. The summed E-state index contributed by atoms with van der Waals surface area (Å²) in [7, 11) is 0. The number of ketones is 1. The van der Waals surface area contributed by atoms with Gasteiger partial charge in [-0.25, -0.2) is 0 Å². The number of carbonyl (C=O) groups is 1. The second kappa shape index (κ2) is 11.2. The topological polar surface area (TPSA) is 79.8 Å². The fourth-order valence-corrected chi connectivity index (χ4v) is 5.78. The number of hydrogen-bond donors (Lipinski definition) is 3. The predicted octanol–water partition coefficient (Wildman–Crippen LogP) is 3.95. The molecule has 0 amide bonds. The minimum atomic E-state index is -0.817. The smallest absolute Gasteiger partial charge is 0.161 e. The average molecular weight is 497 g/mol. The number of allylic oxidation sites excluding steroid dienone is 4. The molecule has 36 heavy (non-hydrogen) atoms. The van der Waals surface area contributed by atoms with E-state index in [4.69, 9.17) is 9.47 Å². The Morgan fingerprint density at radius 3 is 2.83 bits per heavy atom. The van der Waals surface area contributed by atoms with Crippen LogP contribution >= 0.6 is 0 Å². The predicted molar refractivity (Wildman–Crippen MR) is 142 cm³/mol. The van der Waals surface area contributed by atoms with Gasteiger partial charge in [0.2, 0.25) is 0 Å². The Labute approximate surface area is 217 Å². The van der Waals surface area contributed by atoms with E-state index in [0.29, 0.717) is 25.1 Å². The first kappa shape index (κ1) is 27.1. The molecule has 1 heterocycles. The molecular weight excluding hydrogens is 452 g/mol. The van der Waals surface area contributed by atoms with Gasteiger partial charge in [-0.3, -0.25) is 4.79 Å². The van der Waals surface area contributed by atoms with E-state index in [2.05, 4.69) is 48.5 Å². The summed E-state index contributed by atoms with van der Waals surface area (Å²) in [5.74, 6) is 6.70. The molecule has 2 unspecified atom stereocenters. The largest absolute Gasteiger partial charge is 0.389 e. The van der Waals surface area contributed by atoms with Crippen LogP contribution in [0.25, 0.3) is 0 Å². The molecule has 6 nitrogen and oxygen atoms in total. The molecule has 198 valence electrons. The van der Waals surface area contributed by atoms with Gasteiger partial charge in [0.15, 0.2) is 5.78 Å². The van der Waals surface area contributed by atoms with Crippen LogP contribution < -0.4 is 10.6 Å². The Bertz CT molecular complexity index is 981. The number of fused-ring (bicyclic) bond motifs is 2. The highest BCUT2D eigenvalue weighted by atomic mass is 16.5. The number of nitrogens with one attached hydrogen (secondary N) is 2. The van der Waals surface area contributed by atoms with Crippen LogP contribution in [-0.4, -0.2) is 59.5 Å². The number of aliphatic hydroxyl groups is 1. The summed E-state index contributed by atoms with van der Waals surface area (Å²) in [6.07, 6.45) is 12.8. The lowest BCUT2D eigenvalue weighted by molar-refractivity contribution is -0.141. The number of hydrogen-bond acceptors (Lipinski definition) is 6. The summed E-state index contributed by atoms with van der Waals surface area (Å²) in [6, 6.07) is 0.492. The molecule has 4 aliphatic rings. The molecule has 0 bridgehead atoms. The van der Waals surface area contributed by atoms with Gasteiger partial charge in [-0.05, 0) is 91.2 Å². The van der Waals surface area contributed by atoms with Crippen molar-refractivity contribution < 1.29 is 19.4 Å². The number of carbonyl (C=O) groups excluding carboxylic acids is 1. The molecule has 0 aromatic carbocycles. The summed E-state index contributed by atoms with van der Waals surface area (Å²) >= 11 is 0. The Kier molecular flexibility index (Phi) is 8.46. The van der Waals surface area contributed by atoms with E-state index in [9.17, 15) is 9.90 Å². The first-order valence-corrected chi connectivity index (χ1v) is 13.6. The van der Waals surface area contributed by atoms with Gasteiger partial charge in [0, 0.05) is 29.7 Å². The van der Waals surface area contributed by atoms with E-state index in [1.54, 1.807) is 20.8 Å². The van der Waals surface area contributed by atoms with Crippen LogP contribution in [0.15, 0.2) is 35.1 Å². The summed E-state index contributed by atoms with van der Waals surface area (Å²) in [5, 5.41) is 17.9. The quantitative estimate of drug-likeness (QED) is 0.376. The fourth-order valence-electron chi connectivity index (χ4n) is 5.78. The van der Waals surface area contributed by atoms with Gasteiger partial charge in [0.1, 0.15) is 11.7 Å². The van der Waals surface area contributed by atoms with Crippen molar-refractivity contribution in [3.8, 4) is 11.8 Å². The molecule has 1 aliphatic heterocycles. The van der Waals surface area contributed by atoms with Gasteiger partial charge in [-0.1, -0.05) is 29.6 Å². The van der Waals surface area contributed by atoms with Gasteiger partial charge in [0.05, 0.1) is 18.8 Å². The summed E-state index contributed by atoms with van der Waals surface area (Å²) < 4.78 is 12.2. The number of ether oxygens (including phenoxy) is 2. The first-order valence-electron chi connectivity index (χ1n) is 13.6. The Morgan fingerprint density at radius 1 is 1.25 bits per heavy atom. The lowest BCUT2D eigenvalue weighted by atomic mass is 9.91. The highest BCUT2D eigenvalue weighted by molar-refractivity contribution is 5.84. The van der Waals surface area contributed by atoms with E-state index in [1.165, 1.54) is 16.8 Å². The fraction of sp³-hybridized carbons (Fsp3) is 0.700. The molecule has 5 atom stereocenters. The molecule has 1 saturated carbocycles. The minimum absolute atomic E-state index is 0.00919. The van der Waals surface area contributed by atoms with Crippen LogP contribution in [0.2, 0.25) is 0 Å². The lowest BCUT2D eigenvalue weighted by Gasteiger charge is -2.30. The van der Waals surface area contributed by atoms with Crippen LogP contribution in [0.4, 0.5) is 0 Å². The zero-order chi connectivity index (χ0) is 25.9. The summed E-state index contributed by atoms with van der Waals surface area (Å²) in [5.41, 5.74) is 3.09. The van der Waals surface area contributed by atoms with Crippen LogP contribution in [0.3, 0.4) is 0 Å². The second-order valence-corrected chi connectivity index (χ2v) is 12.0. The van der Waals surface area contributed by atoms with Crippen LogP contribution in [0.1, 0.15) is 79.6 Å². The van der Waals surface area contributed by atoms with E-state index in [-0.39, 0.29) is 23.5 Å². The van der Waals surface area contributed by atoms with Crippen molar-refractivity contribution in [3.63, 3.8) is 0 Å². The third-order valence-corrected chi connectivity index (χ3v) is 8.04. The second-order valence-electron chi connectivity index (χ2n) is 12.0. The highest BCUT2D eigenvalue weighted by Crippen LogP contribution is 2.43. The van der Waals surface area contributed by atoms with Gasteiger partial charge >= 0.3 is 0 Å². The van der Waals surface area contributed by atoms with E-state index in [0.717, 1.165) is 44.9 Å². The van der Waals surface area contributed by atoms with Crippen molar-refractivity contribution in [1.29, 1.82) is 0 Å². The van der Waals surface area contributed by atoms with E-state index >= 15 is 0 Å². The van der Waals surface area contributed by atoms with Crippen LogP contribution in [0, 0.1) is 17.8 Å². The lowest BCUT2D eigenvalue weighted by Crippen LogP contribution is -2.45. The first-order chi connectivity index (χ1) is 17.0. The molecule has 3 N–H and O–H groups in total. The van der Waals surface area contributed by atoms with Crippen molar-refractivity contribution in [1.82, 2.24) is 10.6 Å². The van der Waals surface area contributed by atoms with Crippen LogP contribution in [-0.2, 0) is 14.3 Å². The van der Waals surface area contributed by atoms with Gasteiger partial charge in [-0.15, -0.1) is 0 Å². The number of Topliss-reactive ketones (excluding diaryl/α,β-unsaturated/α-hetero) is 1. The highest BCUT2D eigenvalue weighted by Gasteiger charge is 2.44. The van der Waals surface area contributed by atoms with Gasteiger partial charge in [-0.2, -0.15) is 0 Å². The third-order valence-electron chi connectivity index (χ3n) is 8.04. The monoisotopic (exact) mass is 496 g/mol. The molecule has 0 aromatic rings.